The highest BCUT2D eigenvalue weighted by Crippen LogP contribution is 2.04. The number of rotatable bonds is 2. The van der Waals surface area contributed by atoms with Gasteiger partial charge >= 0.3 is 0 Å². The lowest BCUT2D eigenvalue weighted by Crippen LogP contribution is -2.03. The predicted octanol–water partition coefficient (Wildman–Crippen LogP) is 0.903. The van der Waals surface area contributed by atoms with E-state index in [2.05, 4.69) is 0 Å². The quantitative estimate of drug-likeness (QED) is 0.443. The van der Waals surface area contributed by atoms with Crippen molar-refractivity contribution in [2.75, 3.05) is 0 Å². The number of hydrogen-bond acceptors (Lipinski definition) is 2. The summed E-state index contributed by atoms with van der Waals surface area (Å²) in [5, 5.41) is 8.91. The highest BCUT2D eigenvalue weighted by molar-refractivity contribution is 5.73. The second-order valence-electron chi connectivity index (χ2n) is 2.16. The molecule has 52 valence electrons. The lowest BCUT2D eigenvalue weighted by atomic mass is 10.1. The molecule has 0 aromatic carbocycles. The largest absolute Gasteiger partial charge is 0.389 e. The Hall–Kier alpha value is -0.630. The summed E-state index contributed by atoms with van der Waals surface area (Å²) in [4.78, 5) is 10.1. The molecule has 0 aliphatic heterocycles. The summed E-state index contributed by atoms with van der Waals surface area (Å²) in [6.07, 6.45) is 0.248. The molecule has 0 rings (SSSR count). The van der Waals surface area contributed by atoms with Gasteiger partial charge in [-0.2, -0.15) is 0 Å². The molecular weight excluding hydrogens is 116 g/mol. The lowest BCUT2D eigenvalue weighted by molar-refractivity contribution is -0.105. The minimum Gasteiger partial charge on any atom is -0.389 e. The second-order valence-corrected chi connectivity index (χ2v) is 2.16. The molecule has 0 radical (unpaired) electrons. The molecule has 9 heavy (non-hydrogen) atoms. The van der Waals surface area contributed by atoms with E-state index in [9.17, 15) is 4.79 Å². The molecule has 0 amide bonds. The van der Waals surface area contributed by atoms with Crippen LogP contribution >= 0.6 is 0 Å². The van der Waals surface area contributed by atoms with Crippen LogP contribution in [0.2, 0.25) is 0 Å². The minimum atomic E-state index is -0.504. The van der Waals surface area contributed by atoms with E-state index in [1.165, 1.54) is 0 Å². The molecule has 1 unspecified atom stereocenters. The monoisotopic (exact) mass is 128 g/mol. The van der Waals surface area contributed by atoms with Gasteiger partial charge in [-0.05, 0) is 31.9 Å². The number of carbonyl (C=O) groups is 1. The van der Waals surface area contributed by atoms with Crippen LogP contribution in [-0.2, 0) is 4.79 Å². The molecule has 0 aromatic heterocycles. The van der Waals surface area contributed by atoms with E-state index >= 15 is 0 Å². The van der Waals surface area contributed by atoms with Crippen LogP contribution in [0.3, 0.4) is 0 Å². The molecule has 1 atom stereocenters. The third kappa shape index (κ3) is 2.42. The van der Waals surface area contributed by atoms with Gasteiger partial charge in [-0.15, -0.1) is 0 Å². The van der Waals surface area contributed by atoms with E-state index in [4.69, 9.17) is 5.11 Å². The Morgan fingerprint density at radius 2 is 2.00 bits per heavy atom. The molecule has 0 heterocycles. The average molecular weight is 128 g/mol. The van der Waals surface area contributed by atoms with Gasteiger partial charge in [-0.3, -0.25) is 4.79 Å². The van der Waals surface area contributed by atoms with Crippen molar-refractivity contribution in [1.29, 1.82) is 0 Å². The zero-order valence-electron chi connectivity index (χ0n) is 6.01. The third-order valence-electron chi connectivity index (χ3n) is 1.43. The molecule has 0 aliphatic carbocycles. The van der Waals surface area contributed by atoms with Crippen LogP contribution in [0.15, 0.2) is 11.1 Å². The first-order valence-electron chi connectivity index (χ1n) is 2.90. The number of aliphatic hydroxyl groups excluding tert-OH is 1. The number of carbonyl (C=O) groups excluding carboxylic acids is 1. The maximum atomic E-state index is 10.1. The Labute approximate surface area is 55.2 Å². The Bertz CT molecular complexity index is 134. The molecule has 0 aromatic rings. The molecule has 0 aliphatic rings. The normalized spacial score (nSPS) is 16.4. The van der Waals surface area contributed by atoms with Crippen LogP contribution in [-0.4, -0.2) is 17.5 Å². The zero-order valence-corrected chi connectivity index (χ0v) is 6.01. The van der Waals surface area contributed by atoms with E-state index in [0.29, 0.717) is 5.57 Å². The maximum Gasteiger partial charge on any atom is 0.145 e. The molecular formula is C7H12O2. The summed E-state index contributed by atoms with van der Waals surface area (Å²) >= 11 is 0. The first-order valence-corrected chi connectivity index (χ1v) is 2.90. The molecule has 0 saturated heterocycles. The first kappa shape index (κ1) is 8.37. The number of hydrogen-bond donors (Lipinski definition) is 1. The highest BCUT2D eigenvalue weighted by atomic mass is 16.3. The van der Waals surface area contributed by atoms with Gasteiger partial charge in [0, 0.05) is 0 Å². The summed E-state index contributed by atoms with van der Waals surface area (Å²) in [7, 11) is 0. The molecule has 0 spiro atoms. The van der Waals surface area contributed by atoms with Gasteiger partial charge in [0.05, 0.1) is 6.10 Å². The minimum absolute atomic E-state index is 0.504. The van der Waals surface area contributed by atoms with Crippen molar-refractivity contribution in [1.82, 2.24) is 0 Å². The van der Waals surface area contributed by atoms with Gasteiger partial charge in [0.2, 0.25) is 0 Å². The van der Waals surface area contributed by atoms with E-state index in [-0.39, 0.29) is 0 Å². The van der Waals surface area contributed by atoms with Gasteiger partial charge in [-0.1, -0.05) is 0 Å². The van der Waals surface area contributed by atoms with Crippen molar-refractivity contribution in [2.24, 2.45) is 0 Å². The van der Waals surface area contributed by atoms with E-state index < -0.39 is 6.10 Å². The lowest BCUT2D eigenvalue weighted by Gasteiger charge is -2.04. The summed E-state index contributed by atoms with van der Waals surface area (Å²) < 4.78 is 0. The SMILES string of the molecule is CC(C=O)=C(C)C(C)O. The van der Waals surface area contributed by atoms with Gasteiger partial charge in [0.1, 0.15) is 6.29 Å². The van der Waals surface area contributed by atoms with E-state index in [0.717, 1.165) is 11.9 Å². The van der Waals surface area contributed by atoms with Gasteiger partial charge in [0.25, 0.3) is 0 Å². The Balaban J connectivity index is 4.27. The van der Waals surface area contributed by atoms with Crippen LogP contribution in [0.1, 0.15) is 20.8 Å². The van der Waals surface area contributed by atoms with Crippen LogP contribution in [0.25, 0.3) is 0 Å². The fraction of sp³-hybridized carbons (Fsp3) is 0.571. The number of aliphatic hydroxyl groups is 1. The summed E-state index contributed by atoms with van der Waals surface area (Å²) in [6.45, 7) is 5.08. The van der Waals surface area contributed by atoms with Crippen molar-refractivity contribution in [3.05, 3.63) is 11.1 Å². The number of allylic oxidation sites excluding steroid dienone is 1. The third-order valence-corrected chi connectivity index (χ3v) is 1.43. The summed E-state index contributed by atoms with van der Waals surface area (Å²) in [5.74, 6) is 0. The van der Waals surface area contributed by atoms with Crippen molar-refractivity contribution < 1.29 is 9.90 Å². The Kier molecular flexibility index (Phi) is 3.17. The van der Waals surface area contributed by atoms with Gasteiger partial charge in [-0.25, -0.2) is 0 Å². The van der Waals surface area contributed by atoms with Crippen LogP contribution in [0, 0.1) is 0 Å². The summed E-state index contributed by atoms with van der Waals surface area (Å²) in [6, 6.07) is 0. The molecule has 0 saturated carbocycles. The van der Waals surface area contributed by atoms with Crippen molar-refractivity contribution in [3.8, 4) is 0 Å². The molecule has 2 nitrogen and oxygen atoms in total. The van der Waals surface area contributed by atoms with Crippen LogP contribution in [0.5, 0.6) is 0 Å². The molecule has 0 bridgehead atoms. The molecule has 0 fully saturated rings. The Morgan fingerprint density at radius 1 is 1.56 bits per heavy atom. The standard InChI is InChI=1S/C7H12O2/c1-5(4-8)6(2)7(3)9/h4,7,9H,1-3H3. The van der Waals surface area contributed by atoms with Gasteiger partial charge < -0.3 is 5.11 Å². The number of aldehydes is 1. The fourth-order valence-electron chi connectivity index (χ4n) is 0.422. The van der Waals surface area contributed by atoms with E-state index in [1.807, 2.05) is 0 Å². The topological polar surface area (TPSA) is 37.3 Å². The molecule has 1 N–H and O–H groups in total. The molecule has 2 heteroatoms. The second kappa shape index (κ2) is 3.41. The van der Waals surface area contributed by atoms with Crippen LogP contribution in [0.4, 0.5) is 0 Å². The smallest absolute Gasteiger partial charge is 0.145 e. The van der Waals surface area contributed by atoms with Gasteiger partial charge in [0.15, 0.2) is 0 Å². The average Bonchev–Trinajstić information content (AvgIpc) is 1.84. The van der Waals surface area contributed by atoms with Crippen LogP contribution < -0.4 is 0 Å². The van der Waals surface area contributed by atoms with Crippen molar-refractivity contribution in [2.45, 2.75) is 26.9 Å². The summed E-state index contributed by atoms with van der Waals surface area (Å²) in [5.41, 5.74) is 1.36. The van der Waals surface area contributed by atoms with Crippen molar-refractivity contribution in [3.63, 3.8) is 0 Å². The van der Waals surface area contributed by atoms with Crippen molar-refractivity contribution >= 4 is 6.29 Å². The first-order chi connectivity index (χ1) is 4.09. The Morgan fingerprint density at radius 3 is 2.11 bits per heavy atom. The zero-order chi connectivity index (χ0) is 7.44. The maximum absolute atomic E-state index is 10.1. The predicted molar refractivity (Wildman–Crippen MR) is 36.1 cm³/mol. The van der Waals surface area contributed by atoms with E-state index in [1.54, 1.807) is 20.8 Å². The highest BCUT2D eigenvalue weighted by Gasteiger charge is 2.00. The fourth-order valence-corrected chi connectivity index (χ4v) is 0.422.